The van der Waals surface area contributed by atoms with E-state index in [9.17, 15) is 8.42 Å². The summed E-state index contributed by atoms with van der Waals surface area (Å²) in [4.78, 5) is 8.37. The minimum absolute atomic E-state index is 0.0593. The van der Waals surface area contributed by atoms with Crippen LogP contribution < -0.4 is 5.73 Å². The van der Waals surface area contributed by atoms with E-state index >= 15 is 0 Å². The molecule has 3 aromatic heterocycles. The second kappa shape index (κ2) is 5.55. The molecule has 0 amide bonds. The highest BCUT2D eigenvalue weighted by molar-refractivity contribution is 7.91. The maximum Gasteiger partial charge on any atom is 0.240 e. The Morgan fingerprint density at radius 2 is 1.92 bits per heavy atom. The van der Waals surface area contributed by atoms with E-state index < -0.39 is 9.84 Å². The maximum absolute atomic E-state index is 12.6. The molecule has 2 N–H and O–H groups in total. The molecule has 3 rings (SSSR count). The van der Waals surface area contributed by atoms with Gasteiger partial charge in [0, 0.05) is 29.7 Å². The summed E-state index contributed by atoms with van der Waals surface area (Å²) in [7, 11) is -3.40. The molecule has 0 spiro atoms. The second-order valence-electron chi connectivity index (χ2n) is 6.92. The SMILES string of the molecule is CC(C)(C)CS(=O)(=O)c1cncc(-c2ccc3nc(N)nn3c2)c1. The van der Waals surface area contributed by atoms with Crippen molar-refractivity contribution < 1.29 is 8.42 Å². The zero-order valence-corrected chi connectivity index (χ0v) is 14.6. The number of hydrogen-bond donors (Lipinski definition) is 1. The molecule has 0 saturated carbocycles. The third-order valence-corrected chi connectivity index (χ3v) is 5.56. The van der Waals surface area contributed by atoms with Gasteiger partial charge in [-0.15, -0.1) is 5.10 Å². The van der Waals surface area contributed by atoms with Crippen LogP contribution in [0, 0.1) is 5.41 Å². The molecule has 24 heavy (non-hydrogen) atoms. The first kappa shape index (κ1) is 16.4. The first-order valence-corrected chi connectivity index (χ1v) is 9.09. The highest BCUT2D eigenvalue weighted by atomic mass is 32.2. The highest BCUT2D eigenvalue weighted by Gasteiger charge is 2.24. The van der Waals surface area contributed by atoms with Gasteiger partial charge in [0.1, 0.15) is 0 Å². The molecule has 0 radical (unpaired) electrons. The number of aromatic nitrogens is 4. The van der Waals surface area contributed by atoms with E-state index in [2.05, 4.69) is 15.1 Å². The third-order valence-electron chi connectivity index (χ3n) is 3.38. The average Bonchev–Trinajstić information content (AvgIpc) is 2.84. The summed E-state index contributed by atoms with van der Waals surface area (Å²) >= 11 is 0. The lowest BCUT2D eigenvalue weighted by Crippen LogP contribution is -2.21. The van der Waals surface area contributed by atoms with Gasteiger partial charge >= 0.3 is 0 Å². The Hall–Kier alpha value is -2.48. The van der Waals surface area contributed by atoms with E-state index in [1.54, 1.807) is 29.0 Å². The summed E-state index contributed by atoms with van der Waals surface area (Å²) in [5.41, 5.74) is 7.36. The van der Waals surface area contributed by atoms with E-state index in [1.165, 1.54) is 6.20 Å². The van der Waals surface area contributed by atoms with Crippen molar-refractivity contribution in [2.45, 2.75) is 25.7 Å². The molecule has 7 nitrogen and oxygen atoms in total. The van der Waals surface area contributed by atoms with Gasteiger partial charge in [0.25, 0.3) is 0 Å². The molecule has 0 unspecified atom stereocenters. The fraction of sp³-hybridized carbons (Fsp3) is 0.312. The van der Waals surface area contributed by atoms with E-state index in [-0.39, 0.29) is 22.0 Å². The number of nitrogens with two attached hydrogens (primary N) is 1. The van der Waals surface area contributed by atoms with Crippen LogP contribution in [-0.2, 0) is 9.84 Å². The van der Waals surface area contributed by atoms with Gasteiger partial charge in [-0.3, -0.25) is 4.98 Å². The fourth-order valence-electron chi connectivity index (χ4n) is 2.47. The number of rotatable bonds is 3. The third kappa shape index (κ3) is 3.38. The molecule has 0 atom stereocenters. The minimum Gasteiger partial charge on any atom is -0.366 e. The molecular formula is C16H19N5O2S. The molecule has 0 aromatic carbocycles. The summed E-state index contributed by atoms with van der Waals surface area (Å²) in [6.45, 7) is 5.68. The summed E-state index contributed by atoms with van der Waals surface area (Å²) in [6.07, 6.45) is 4.75. The zero-order chi connectivity index (χ0) is 17.5. The molecule has 0 saturated heterocycles. The molecule has 0 aliphatic carbocycles. The van der Waals surface area contributed by atoms with Crippen molar-refractivity contribution in [3.63, 3.8) is 0 Å². The van der Waals surface area contributed by atoms with Crippen LogP contribution in [-0.4, -0.2) is 33.8 Å². The Balaban J connectivity index is 2.03. The highest BCUT2D eigenvalue weighted by Crippen LogP contribution is 2.25. The maximum atomic E-state index is 12.6. The quantitative estimate of drug-likeness (QED) is 0.780. The van der Waals surface area contributed by atoms with Gasteiger partial charge in [0.2, 0.25) is 5.95 Å². The van der Waals surface area contributed by atoms with Crippen molar-refractivity contribution in [1.82, 2.24) is 19.6 Å². The van der Waals surface area contributed by atoms with Crippen molar-refractivity contribution in [3.05, 3.63) is 36.8 Å². The van der Waals surface area contributed by atoms with Gasteiger partial charge in [-0.1, -0.05) is 20.8 Å². The Bertz CT molecular complexity index is 1000. The van der Waals surface area contributed by atoms with Crippen LogP contribution in [0.3, 0.4) is 0 Å². The van der Waals surface area contributed by atoms with E-state index in [4.69, 9.17) is 5.73 Å². The van der Waals surface area contributed by atoms with Gasteiger partial charge in [0.05, 0.1) is 10.6 Å². The molecule has 0 bridgehead atoms. The smallest absolute Gasteiger partial charge is 0.240 e. The monoisotopic (exact) mass is 345 g/mol. The van der Waals surface area contributed by atoms with Gasteiger partial charge in [-0.2, -0.15) is 4.98 Å². The molecule has 0 aliphatic heterocycles. The first-order chi connectivity index (χ1) is 11.1. The Kier molecular flexibility index (Phi) is 3.79. The number of hydrogen-bond acceptors (Lipinski definition) is 6. The number of pyridine rings is 2. The van der Waals surface area contributed by atoms with E-state index in [0.717, 1.165) is 5.56 Å². The number of sulfone groups is 1. The first-order valence-electron chi connectivity index (χ1n) is 7.44. The lowest BCUT2D eigenvalue weighted by molar-refractivity contribution is 0.461. The van der Waals surface area contributed by atoms with Crippen LogP contribution in [0.15, 0.2) is 41.7 Å². The molecule has 126 valence electrons. The van der Waals surface area contributed by atoms with Gasteiger partial charge in [-0.05, 0) is 23.6 Å². The molecule has 3 aromatic rings. The van der Waals surface area contributed by atoms with Gasteiger partial charge < -0.3 is 5.73 Å². The molecular weight excluding hydrogens is 326 g/mol. The topological polar surface area (TPSA) is 103 Å². The number of nitrogens with zero attached hydrogens (tertiary/aromatic N) is 4. The standard InChI is InChI=1S/C16H19N5O2S/c1-16(2,3)10-24(22,23)13-6-12(7-18-8-13)11-4-5-14-19-15(17)20-21(14)9-11/h4-9H,10H2,1-3H3,(H2,17,20). The zero-order valence-electron chi connectivity index (χ0n) is 13.8. The Labute approximate surface area is 140 Å². The van der Waals surface area contributed by atoms with Crippen LogP contribution in [0.4, 0.5) is 5.95 Å². The predicted octanol–water partition coefficient (Wildman–Crippen LogP) is 2.19. The van der Waals surface area contributed by atoms with Crippen molar-refractivity contribution >= 4 is 21.4 Å². The number of anilines is 1. The Morgan fingerprint density at radius 1 is 1.17 bits per heavy atom. The predicted molar refractivity (Wildman–Crippen MR) is 92.1 cm³/mol. The summed E-state index contributed by atoms with van der Waals surface area (Å²) in [5, 5.41) is 4.06. The molecule has 0 aliphatic rings. The van der Waals surface area contributed by atoms with Crippen molar-refractivity contribution in [2.75, 3.05) is 11.5 Å². The van der Waals surface area contributed by atoms with Crippen molar-refractivity contribution in [3.8, 4) is 11.1 Å². The molecule has 8 heteroatoms. The van der Waals surface area contributed by atoms with Gasteiger partial charge in [0.15, 0.2) is 15.5 Å². The van der Waals surface area contributed by atoms with Crippen molar-refractivity contribution in [2.24, 2.45) is 5.41 Å². The summed E-state index contributed by atoms with van der Waals surface area (Å²) in [6, 6.07) is 5.24. The lowest BCUT2D eigenvalue weighted by Gasteiger charge is -2.18. The van der Waals surface area contributed by atoms with Crippen molar-refractivity contribution in [1.29, 1.82) is 0 Å². The fourth-order valence-corrected chi connectivity index (χ4v) is 4.31. The van der Waals surface area contributed by atoms with Crippen LogP contribution in [0.2, 0.25) is 0 Å². The normalized spacial score (nSPS) is 12.6. The summed E-state index contributed by atoms with van der Waals surface area (Å²) < 4.78 is 26.7. The summed E-state index contributed by atoms with van der Waals surface area (Å²) in [5.74, 6) is 0.246. The van der Waals surface area contributed by atoms with Crippen LogP contribution in [0.25, 0.3) is 16.8 Å². The van der Waals surface area contributed by atoms with Crippen LogP contribution in [0.1, 0.15) is 20.8 Å². The minimum atomic E-state index is -3.40. The van der Waals surface area contributed by atoms with Gasteiger partial charge in [-0.25, -0.2) is 12.9 Å². The number of fused-ring (bicyclic) bond motifs is 1. The van der Waals surface area contributed by atoms with E-state index in [1.807, 2.05) is 26.8 Å². The molecule has 3 heterocycles. The molecule has 0 fully saturated rings. The average molecular weight is 345 g/mol. The van der Waals surface area contributed by atoms with Crippen LogP contribution >= 0.6 is 0 Å². The Morgan fingerprint density at radius 3 is 2.62 bits per heavy atom. The van der Waals surface area contributed by atoms with Crippen LogP contribution in [0.5, 0.6) is 0 Å². The second-order valence-corrected chi connectivity index (χ2v) is 8.91. The number of nitrogen functional groups attached to an aromatic ring is 1. The largest absolute Gasteiger partial charge is 0.366 e. The van der Waals surface area contributed by atoms with E-state index in [0.29, 0.717) is 11.2 Å². The lowest BCUT2D eigenvalue weighted by atomic mass is 10.0.